The molecule has 0 aliphatic carbocycles. The number of rotatable bonds is 8. The van der Waals surface area contributed by atoms with Crippen molar-refractivity contribution in [1.82, 2.24) is 10.2 Å². The van der Waals surface area contributed by atoms with Crippen molar-refractivity contribution in [3.8, 4) is 5.75 Å². The van der Waals surface area contributed by atoms with E-state index in [4.69, 9.17) is 21.8 Å². The number of methoxy groups -OCH3 is 1. The minimum Gasteiger partial charge on any atom is -0.497 e. The largest absolute Gasteiger partial charge is 0.497 e. The van der Waals surface area contributed by atoms with Gasteiger partial charge >= 0.3 is 5.97 Å². The van der Waals surface area contributed by atoms with Crippen LogP contribution in [0.1, 0.15) is 34.6 Å². The van der Waals surface area contributed by atoms with Crippen molar-refractivity contribution in [2.45, 2.75) is 56.8 Å². The van der Waals surface area contributed by atoms with Gasteiger partial charge in [0.05, 0.1) is 7.11 Å². The molecule has 1 aromatic rings. The van der Waals surface area contributed by atoms with E-state index in [-0.39, 0.29) is 21.9 Å². The highest BCUT2D eigenvalue weighted by Gasteiger charge is 2.65. The molecule has 0 radical (unpaired) electrons. The number of quaternary nitrogens is 1. The molecule has 2 aliphatic heterocycles. The molecule has 2 saturated heterocycles. The molecule has 10 heteroatoms. The van der Waals surface area contributed by atoms with Crippen LogP contribution in [-0.2, 0) is 14.4 Å². The van der Waals surface area contributed by atoms with Crippen LogP contribution in [0.2, 0.25) is 0 Å². The van der Waals surface area contributed by atoms with Crippen molar-refractivity contribution < 1.29 is 23.8 Å². The number of β-lactam (4-membered cyclic amide) rings is 1. The zero-order valence-electron chi connectivity index (χ0n) is 19.5. The molecule has 0 unspecified atom stereocenters. The zero-order valence-corrected chi connectivity index (χ0v) is 21.1. The summed E-state index contributed by atoms with van der Waals surface area (Å²) in [5.41, 5.74) is 0.792. The Morgan fingerprint density at radius 3 is 2.31 bits per heavy atom. The summed E-state index contributed by atoms with van der Waals surface area (Å²) in [6, 6.07) is 6.23. The van der Waals surface area contributed by atoms with E-state index in [9.17, 15) is 9.59 Å². The first kappa shape index (κ1) is 24.6. The normalized spacial score (nSPS) is 23.8. The average molecular weight is 482 g/mol. The second-order valence-electron chi connectivity index (χ2n) is 8.48. The number of thiocarbonyl (C=S) groups is 1. The van der Waals surface area contributed by atoms with Crippen LogP contribution < -0.4 is 15.4 Å². The first-order chi connectivity index (χ1) is 15.1. The zero-order chi connectivity index (χ0) is 23.7. The maximum atomic E-state index is 13.2. The summed E-state index contributed by atoms with van der Waals surface area (Å²) in [4.78, 5) is 33.8. The lowest BCUT2D eigenvalue weighted by Crippen LogP contribution is -2.71. The van der Waals surface area contributed by atoms with Crippen LogP contribution in [0.3, 0.4) is 0 Å². The molecule has 2 N–H and O–H groups in total. The van der Waals surface area contributed by atoms with Crippen molar-refractivity contribution >= 4 is 46.7 Å². The molecule has 1 aromatic carbocycles. The van der Waals surface area contributed by atoms with Gasteiger partial charge in [0.1, 0.15) is 36.8 Å². The monoisotopic (exact) mass is 481 g/mol. The Kier molecular flexibility index (Phi) is 7.26. The summed E-state index contributed by atoms with van der Waals surface area (Å²) in [5, 5.41) is 6.38. The number of carbonyl (C=O) groups is 2. The maximum Gasteiger partial charge on any atom is 0.390 e. The van der Waals surface area contributed by atoms with E-state index in [2.05, 4.69) is 10.6 Å². The van der Waals surface area contributed by atoms with E-state index in [1.54, 1.807) is 23.8 Å². The molecular formula is C22H33N4O4S2+. The second kappa shape index (κ2) is 9.44. The number of hydroxylamine groups is 3. The number of benzene rings is 1. The number of nitrogens with zero attached hydrogens (tertiary/aromatic N) is 2. The Labute approximate surface area is 199 Å². The average Bonchev–Trinajstić information content (AvgIpc) is 3.04. The number of ether oxygens (including phenoxy) is 1. The predicted molar refractivity (Wildman–Crippen MR) is 130 cm³/mol. The Balaban J connectivity index is 1.66. The molecule has 2 heterocycles. The highest BCUT2D eigenvalue weighted by Crippen LogP contribution is 2.51. The molecule has 1 amide bonds. The van der Waals surface area contributed by atoms with Crippen LogP contribution in [0.5, 0.6) is 5.75 Å². The van der Waals surface area contributed by atoms with E-state index in [0.717, 1.165) is 11.4 Å². The summed E-state index contributed by atoms with van der Waals surface area (Å²) in [7, 11) is 1.61. The van der Waals surface area contributed by atoms with Gasteiger partial charge in [-0.05, 0) is 71.1 Å². The van der Waals surface area contributed by atoms with Gasteiger partial charge in [-0.15, -0.1) is 16.4 Å². The maximum absolute atomic E-state index is 13.2. The van der Waals surface area contributed by atoms with E-state index in [1.807, 2.05) is 58.9 Å². The lowest BCUT2D eigenvalue weighted by Gasteiger charge is -2.44. The third kappa shape index (κ3) is 4.53. The van der Waals surface area contributed by atoms with Crippen LogP contribution in [0.15, 0.2) is 24.3 Å². The first-order valence-corrected chi connectivity index (χ1v) is 12.2. The van der Waals surface area contributed by atoms with Crippen LogP contribution in [0.25, 0.3) is 0 Å². The number of hydrogen-bond acceptors (Lipinski definition) is 6. The fraction of sp³-hybridized carbons (Fsp3) is 0.591. The summed E-state index contributed by atoms with van der Waals surface area (Å²) in [6.45, 7) is 12.0. The van der Waals surface area contributed by atoms with Gasteiger partial charge in [0.2, 0.25) is 5.91 Å². The number of nitrogens with one attached hydrogen (secondary N) is 2. The third-order valence-electron chi connectivity index (χ3n) is 6.31. The topological polar surface area (TPSA) is 79.9 Å². The van der Waals surface area contributed by atoms with Gasteiger partial charge in [-0.1, -0.05) is 0 Å². The Hall–Kier alpha value is -2.04. The molecule has 176 valence electrons. The highest BCUT2D eigenvalue weighted by molar-refractivity contribution is 8.01. The standard InChI is InChI=1S/C22H32N4O4S2/c1-7-26(8-2,9-3)30-20(28)17-22(4,5)32-19-16(18(27)25(17)19)24-21(31)23-14-10-12-15(29-6)13-11-14/h10-13,16-17,19H,7-9H2,1-6H3,(H-,23,24,31)/p+1/t16-,17+,19-/m1/s1. The Morgan fingerprint density at radius 1 is 1.19 bits per heavy atom. The molecule has 3 atom stereocenters. The SMILES string of the molecule is CC[N+](CC)(CC)OC(=O)[C@@H]1N2C(=O)[C@@H](NC(=S)Nc3ccc(OC)cc3)[C@H]2SC1(C)C. The Morgan fingerprint density at radius 2 is 1.78 bits per heavy atom. The number of anilines is 1. The molecule has 2 aliphatic rings. The molecular weight excluding hydrogens is 448 g/mol. The van der Waals surface area contributed by atoms with Crippen LogP contribution >= 0.6 is 24.0 Å². The van der Waals surface area contributed by atoms with Gasteiger partial charge in [0, 0.05) is 10.4 Å². The van der Waals surface area contributed by atoms with Crippen LogP contribution in [0, 0.1) is 0 Å². The van der Waals surface area contributed by atoms with Crippen LogP contribution in [0.4, 0.5) is 5.69 Å². The predicted octanol–water partition coefficient (Wildman–Crippen LogP) is 2.75. The van der Waals surface area contributed by atoms with Gasteiger partial charge < -0.3 is 20.3 Å². The van der Waals surface area contributed by atoms with Gasteiger partial charge in [-0.25, -0.2) is 4.79 Å². The molecule has 0 bridgehead atoms. The van der Waals surface area contributed by atoms with Crippen molar-refractivity contribution in [2.75, 3.05) is 32.1 Å². The van der Waals surface area contributed by atoms with E-state index >= 15 is 0 Å². The van der Waals surface area contributed by atoms with Gasteiger partial charge in [-0.3, -0.25) is 9.63 Å². The van der Waals surface area contributed by atoms with Gasteiger partial charge in [0.15, 0.2) is 11.2 Å². The summed E-state index contributed by atoms with van der Waals surface area (Å²) in [6.07, 6.45) is 0. The second-order valence-corrected chi connectivity index (χ2v) is 10.7. The number of thioether (sulfide) groups is 1. The molecule has 32 heavy (non-hydrogen) atoms. The van der Waals surface area contributed by atoms with Gasteiger partial charge in [-0.2, -0.15) is 0 Å². The number of hydrogen-bond donors (Lipinski definition) is 2. The summed E-state index contributed by atoms with van der Waals surface area (Å²) >= 11 is 7.01. The summed E-state index contributed by atoms with van der Waals surface area (Å²) < 4.78 is 4.94. The Bertz CT molecular complexity index is 865. The molecule has 0 spiro atoms. The molecule has 8 nitrogen and oxygen atoms in total. The lowest BCUT2D eigenvalue weighted by atomic mass is 9.96. The molecule has 0 saturated carbocycles. The highest BCUT2D eigenvalue weighted by atomic mass is 32.2. The van der Waals surface area contributed by atoms with E-state index in [0.29, 0.717) is 24.7 Å². The minimum absolute atomic E-state index is 0.142. The summed E-state index contributed by atoms with van der Waals surface area (Å²) in [5.74, 6) is 0.261. The fourth-order valence-electron chi connectivity index (χ4n) is 4.21. The lowest BCUT2D eigenvalue weighted by molar-refractivity contribution is -1.09. The first-order valence-electron chi connectivity index (χ1n) is 10.9. The van der Waals surface area contributed by atoms with E-state index in [1.165, 1.54) is 0 Å². The third-order valence-corrected chi connectivity index (χ3v) is 8.10. The minimum atomic E-state index is -0.631. The van der Waals surface area contributed by atoms with E-state index < -0.39 is 16.8 Å². The molecule has 0 aromatic heterocycles. The van der Waals surface area contributed by atoms with Crippen molar-refractivity contribution in [1.29, 1.82) is 0 Å². The molecule has 2 fully saturated rings. The van der Waals surface area contributed by atoms with Crippen molar-refractivity contribution in [2.24, 2.45) is 0 Å². The number of amides is 1. The van der Waals surface area contributed by atoms with Crippen LogP contribution in [-0.4, -0.2) is 75.5 Å². The quantitative estimate of drug-likeness (QED) is 0.254. The molecule has 3 rings (SSSR count). The number of carbonyl (C=O) groups excluding carboxylic acids is 2. The van der Waals surface area contributed by atoms with Crippen molar-refractivity contribution in [3.05, 3.63) is 24.3 Å². The fourth-order valence-corrected chi connectivity index (χ4v) is 6.08. The smallest absolute Gasteiger partial charge is 0.390 e. The van der Waals surface area contributed by atoms with Gasteiger partial charge in [0.25, 0.3) is 0 Å². The number of fused-ring (bicyclic) bond motifs is 1. The van der Waals surface area contributed by atoms with Crippen molar-refractivity contribution in [3.63, 3.8) is 0 Å².